The molecule has 1 aromatic carbocycles. The molecule has 2 atom stereocenters. The number of nitrogens with zero attached hydrogens (tertiary/aromatic N) is 1. The Morgan fingerprint density at radius 1 is 1.40 bits per heavy atom. The zero-order valence-corrected chi connectivity index (χ0v) is 15.0. The quantitative estimate of drug-likeness (QED) is 0.788. The number of aromatic nitrogens is 1. The zero-order valence-electron chi connectivity index (χ0n) is 13.5. The van der Waals surface area contributed by atoms with Crippen molar-refractivity contribution in [2.24, 2.45) is 5.92 Å². The first kappa shape index (κ1) is 16.4. The summed E-state index contributed by atoms with van der Waals surface area (Å²) in [7, 11) is 0. The van der Waals surface area contributed by atoms with Crippen molar-refractivity contribution in [1.82, 2.24) is 15.8 Å². The Bertz CT molecular complexity index is 869. The molecule has 0 unspecified atom stereocenters. The lowest BCUT2D eigenvalue weighted by Crippen LogP contribution is -2.43. The maximum atomic E-state index is 12.5. The SMILES string of the molecule is Cc1ncsc1C(=O)NNC(=O)[C@@H]1C[C@]12CCOc1ccc(Cl)cc12. The fraction of sp³-hybridized carbons (Fsp3) is 0.353. The van der Waals surface area contributed by atoms with E-state index < -0.39 is 0 Å². The smallest absolute Gasteiger partial charge is 0.281 e. The van der Waals surface area contributed by atoms with E-state index in [-0.39, 0.29) is 23.1 Å². The monoisotopic (exact) mass is 377 g/mol. The van der Waals surface area contributed by atoms with Crippen LogP contribution >= 0.6 is 22.9 Å². The second kappa shape index (κ2) is 6.00. The summed E-state index contributed by atoms with van der Waals surface area (Å²) in [5, 5.41) is 0.628. The maximum Gasteiger partial charge on any atom is 0.281 e. The summed E-state index contributed by atoms with van der Waals surface area (Å²) in [6, 6.07) is 5.51. The number of halogens is 1. The fourth-order valence-electron chi connectivity index (χ4n) is 3.50. The molecule has 2 aromatic rings. The van der Waals surface area contributed by atoms with Gasteiger partial charge >= 0.3 is 0 Å². The Hall–Kier alpha value is -2.12. The van der Waals surface area contributed by atoms with Crippen molar-refractivity contribution in [3.05, 3.63) is 44.9 Å². The van der Waals surface area contributed by atoms with E-state index in [2.05, 4.69) is 15.8 Å². The molecule has 8 heteroatoms. The molecule has 2 heterocycles. The molecule has 1 saturated carbocycles. The van der Waals surface area contributed by atoms with E-state index in [1.54, 1.807) is 18.5 Å². The van der Waals surface area contributed by atoms with Gasteiger partial charge in [0.2, 0.25) is 5.91 Å². The van der Waals surface area contributed by atoms with Gasteiger partial charge in [-0.25, -0.2) is 4.98 Å². The van der Waals surface area contributed by atoms with Crippen molar-refractivity contribution < 1.29 is 14.3 Å². The summed E-state index contributed by atoms with van der Waals surface area (Å²) in [6.07, 6.45) is 1.49. The molecule has 6 nitrogen and oxygen atoms in total. The van der Waals surface area contributed by atoms with Crippen LogP contribution in [0.15, 0.2) is 23.7 Å². The van der Waals surface area contributed by atoms with Gasteiger partial charge in [-0.2, -0.15) is 0 Å². The molecule has 4 rings (SSSR count). The van der Waals surface area contributed by atoms with Crippen LogP contribution in [0.3, 0.4) is 0 Å². The van der Waals surface area contributed by atoms with Crippen LogP contribution in [0.4, 0.5) is 0 Å². The minimum atomic E-state index is -0.349. The van der Waals surface area contributed by atoms with Gasteiger partial charge in [0.1, 0.15) is 10.6 Å². The zero-order chi connectivity index (χ0) is 17.6. The predicted molar refractivity (Wildman–Crippen MR) is 93.8 cm³/mol. The van der Waals surface area contributed by atoms with E-state index in [0.717, 1.165) is 24.2 Å². The molecule has 1 aliphatic heterocycles. The predicted octanol–water partition coefficient (Wildman–Crippen LogP) is 2.61. The van der Waals surface area contributed by atoms with E-state index >= 15 is 0 Å². The number of hydrogen-bond donors (Lipinski definition) is 2. The lowest BCUT2D eigenvalue weighted by atomic mass is 9.87. The topological polar surface area (TPSA) is 80.3 Å². The molecule has 0 saturated heterocycles. The van der Waals surface area contributed by atoms with Crippen molar-refractivity contribution in [3.8, 4) is 5.75 Å². The third-order valence-corrected chi connectivity index (χ3v) is 6.09. The van der Waals surface area contributed by atoms with Gasteiger partial charge in [-0.15, -0.1) is 11.3 Å². The van der Waals surface area contributed by atoms with E-state index in [1.165, 1.54) is 11.3 Å². The number of carbonyl (C=O) groups excluding carboxylic acids is 2. The highest BCUT2D eigenvalue weighted by molar-refractivity contribution is 7.11. The normalized spacial score (nSPS) is 23.5. The number of carbonyl (C=O) groups is 2. The third kappa shape index (κ3) is 2.77. The number of fused-ring (bicyclic) bond motifs is 2. The van der Waals surface area contributed by atoms with E-state index in [1.807, 2.05) is 12.1 Å². The van der Waals surface area contributed by atoms with Gasteiger partial charge in [-0.3, -0.25) is 20.4 Å². The van der Waals surface area contributed by atoms with Crippen molar-refractivity contribution in [2.45, 2.75) is 25.2 Å². The van der Waals surface area contributed by atoms with E-state index in [0.29, 0.717) is 22.2 Å². The number of thiazole rings is 1. The number of aryl methyl sites for hydroxylation is 1. The average Bonchev–Trinajstić information content (AvgIpc) is 3.15. The Balaban J connectivity index is 1.45. The summed E-state index contributed by atoms with van der Waals surface area (Å²) in [5.74, 6) is 0.0496. The minimum Gasteiger partial charge on any atom is -0.493 e. The van der Waals surface area contributed by atoms with Crippen LogP contribution in [0.2, 0.25) is 5.02 Å². The Labute approximate surface area is 153 Å². The number of ether oxygens (including phenoxy) is 1. The lowest BCUT2D eigenvalue weighted by molar-refractivity contribution is -0.123. The second-order valence-electron chi connectivity index (χ2n) is 6.36. The molecular formula is C17H16ClN3O3S. The van der Waals surface area contributed by atoms with E-state index in [9.17, 15) is 9.59 Å². The van der Waals surface area contributed by atoms with Gasteiger partial charge in [-0.1, -0.05) is 11.6 Å². The van der Waals surface area contributed by atoms with Crippen LogP contribution in [0, 0.1) is 12.8 Å². The first-order valence-electron chi connectivity index (χ1n) is 7.94. The molecule has 1 aromatic heterocycles. The number of hydrogen-bond acceptors (Lipinski definition) is 5. The first-order valence-corrected chi connectivity index (χ1v) is 9.20. The largest absolute Gasteiger partial charge is 0.493 e. The molecule has 25 heavy (non-hydrogen) atoms. The van der Waals surface area contributed by atoms with Gasteiger partial charge in [0.05, 0.1) is 23.7 Å². The van der Waals surface area contributed by atoms with Crippen molar-refractivity contribution in [3.63, 3.8) is 0 Å². The van der Waals surface area contributed by atoms with E-state index in [4.69, 9.17) is 16.3 Å². The fourth-order valence-corrected chi connectivity index (χ4v) is 4.37. The lowest BCUT2D eigenvalue weighted by Gasteiger charge is -2.27. The third-order valence-electron chi connectivity index (χ3n) is 4.93. The highest BCUT2D eigenvalue weighted by atomic mass is 35.5. The van der Waals surface area contributed by atoms with Crippen molar-refractivity contribution in [1.29, 1.82) is 0 Å². The van der Waals surface area contributed by atoms with Crippen molar-refractivity contribution in [2.75, 3.05) is 6.61 Å². The molecule has 0 bridgehead atoms. The average molecular weight is 378 g/mol. The Morgan fingerprint density at radius 3 is 3.00 bits per heavy atom. The van der Waals surface area contributed by atoms with Gasteiger partial charge in [-0.05, 0) is 38.0 Å². The molecule has 0 radical (unpaired) electrons. The standard InChI is InChI=1S/C17H16ClN3O3S/c1-9-14(25-8-19-9)16(23)21-20-15(22)12-7-17(12)4-5-24-13-3-2-10(18)6-11(13)17/h2-3,6,8,12H,4-5,7H2,1H3,(H,20,22)(H,21,23)/t12-,17-/m0/s1. The summed E-state index contributed by atoms with van der Waals surface area (Å²) >= 11 is 7.36. The van der Waals surface area contributed by atoms with Crippen LogP contribution in [0.1, 0.15) is 33.8 Å². The first-order chi connectivity index (χ1) is 12.0. The minimum absolute atomic E-state index is 0.191. The summed E-state index contributed by atoms with van der Waals surface area (Å²) < 4.78 is 5.68. The summed E-state index contributed by atoms with van der Waals surface area (Å²) in [4.78, 5) is 29.1. The van der Waals surface area contributed by atoms with Gasteiger partial charge < -0.3 is 4.74 Å². The molecule has 1 spiro atoms. The number of amides is 2. The van der Waals surface area contributed by atoms with Crippen LogP contribution in [0.5, 0.6) is 5.75 Å². The van der Waals surface area contributed by atoms with Gasteiger partial charge in [0, 0.05) is 16.0 Å². The van der Waals surface area contributed by atoms with Crippen LogP contribution in [-0.4, -0.2) is 23.4 Å². The second-order valence-corrected chi connectivity index (χ2v) is 7.65. The number of rotatable bonds is 2. The molecule has 2 aliphatic rings. The van der Waals surface area contributed by atoms with Crippen LogP contribution in [-0.2, 0) is 10.2 Å². The number of nitrogens with one attached hydrogen (secondary N) is 2. The molecule has 130 valence electrons. The molecular weight excluding hydrogens is 362 g/mol. The summed E-state index contributed by atoms with van der Waals surface area (Å²) in [5.41, 5.74) is 8.01. The highest BCUT2D eigenvalue weighted by Crippen LogP contribution is 2.61. The Kier molecular flexibility index (Phi) is 3.92. The van der Waals surface area contributed by atoms with Gasteiger partial charge in [0.25, 0.3) is 5.91 Å². The van der Waals surface area contributed by atoms with Crippen molar-refractivity contribution >= 4 is 34.8 Å². The number of hydrazine groups is 1. The highest BCUT2D eigenvalue weighted by Gasteiger charge is 2.61. The summed E-state index contributed by atoms with van der Waals surface area (Å²) in [6.45, 7) is 2.33. The molecule has 1 fully saturated rings. The molecule has 2 amide bonds. The number of benzene rings is 1. The van der Waals surface area contributed by atoms with Gasteiger partial charge in [0.15, 0.2) is 0 Å². The maximum absolute atomic E-state index is 12.5. The Morgan fingerprint density at radius 2 is 2.24 bits per heavy atom. The van der Waals surface area contributed by atoms with Crippen LogP contribution < -0.4 is 15.6 Å². The molecule has 1 aliphatic carbocycles. The molecule has 2 N–H and O–H groups in total. The van der Waals surface area contributed by atoms with Crippen LogP contribution in [0.25, 0.3) is 0 Å².